The molecule has 392 valence electrons. The molecule has 0 amide bonds. The zero-order chi connectivity index (χ0) is 55.5. The number of aromatic nitrogens is 2. The summed E-state index contributed by atoms with van der Waals surface area (Å²) in [5.74, 6) is 0. The highest BCUT2D eigenvalue weighted by Crippen LogP contribution is 2.63. The maximum absolute atomic E-state index is 4.09. The first-order chi connectivity index (χ1) is 41.6. The summed E-state index contributed by atoms with van der Waals surface area (Å²) in [6.45, 7) is 4.09. The van der Waals surface area contributed by atoms with Gasteiger partial charge in [0.25, 0.3) is 0 Å². The molecule has 0 saturated carbocycles. The van der Waals surface area contributed by atoms with Crippen molar-refractivity contribution in [2.75, 3.05) is 4.90 Å². The Labute approximate surface area is 488 Å². The van der Waals surface area contributed by atoms with Gasteiger partial charge in [-0.15, -0.1) is 0 Å². The van der Waals surface area contributed by atoms with Crippen LogP contribution in [0.5, 0.6) is 0 Å². The monoisotopic (exact) mass is 1070 g/mol. The fraction of sp³-hybridized carbons (Fsp3) is 0.0123. The first-order valence-corrected chi connectivity index (χ1v) is 29.0. The predicted molar refractivity (Wildman–Crippen MR) is 353 cm³/mol. The SMILES string of the molecule is C=Cc1cccc(-c2ccc3c(c2)C2(c4ccccc4-3)c3ccccc3-c3ccc(-n4c5ccccc5c5cc(-c6ccc(N(c7ccc(-c8ccccc8)cc7)c7ccc8c9ccccc9n(-c9ccccc9)c8c7)cc6)ccc54)cc32)c1. The van der Waals surface area contributed by atoms with Gasteiger partial charge < -0.3 is 14.0 Å². The Bertz CT molecular complexity index is 5130. The number of nitrogens with zero attached hydrogens (tertiary/aromatic N) is 3. The molecule has 0 radical (unpaired) electrons. The van der Waals surface area contributed by atoms with E-state index in [9.17, 15) is 0 Å². The number of benzene rings is 13. The molecule has 0 fully saturated rings. The van der Waals surface area contributed by atoms with Crippen molar-refractivity contribution >= 4 is 66.7 Å². The van der Waals surface area contributed by atoms with E-state index in [4.69, 9.17) is 0 Å². The first kappa shape index (κ1) is 47.8. The number of hydrogen-bond donors (Lipinski definition) is 0. The van der Waals surface area contributed by atoms with Crippen LogP contribution in [0.4, 0.5) is 17.1 Å². The van der Waals surface area contributed by atoms with Gasteiger partial charge >= 0.3 is 0 Å². The van der Waals surface area contributed by atoms with Gasteiger partial charge in [-0.3, -0.25) is 0 Å². The van der Waals surface area contributed by atoms with Crippen molar-refractivity contribution < 1.29 is 0 Å². The van der Waals surface area contributed by atoms with Crippen molar-refractivity contribution in [3.63, 3.8) is 0 Å². The summed E-state index contributed by atoms with van der Waals surface area (Å²) < 4.78 is 4.89. The van der Waals surface area contributed by atoms with Gasteiger partial charge in [-0.25, -0.2) is 0 Å². The molecule has 0 aliphatic heterocycles. The molecule has 17 rings (SSSR count). The van der Waals surface area contributed by atoms with Gasteiger partial charge in [-0.05, 0) is 181 Å². The second kappa shape index (κ2) is 18.8. The minimum atomic E-state index is -0.520. The molecule has 2 heterocycles. The maximum atomic E-state index is 4.09. The van der Waals surface area contributed by atoms with Crippen LogP contribution in [0.25, 0.3) is 117 Å². The molecule has 3 heteroatoms. The summed E-state index contributed by atoms with van der Waals surface area (Å²) in [5.41, 5.74) is 28.3. The third kappa shape index (κ3) is 7.12. The molecule has 1 atom stereocenters. The zero-order valence-electron chi connectivity index (χ0n) is 46.0. The summed E-state index contributed by atoms with van der Waals surface area (Å²) in [5, 5.41) is 4.90. The first-order valence-electron chi connectivity index (χ1n) is 29.0. The summed E-state index contributed by atoms with van der Waals surface area (Å²) in [4.78, 5) is 2.39. The van der Waals surface area contributed by atoms with Gasteiger partial charge in [0.05, 0.1) is 27.5 Å². The average molecular weight is 1070 g/mol. The smallest absolute Gasteiger partial charge is 0.0726 e. The van der Waals surface area contributed by atoms with Gasteiger partial charge in [-0.1, -0.05) is 219 Å². The second-order valence-electron chi connectivity index (χ2n) is 22.4. The van der Waals surface area contributed by atoms with E-state index in [1.54, 1.807) is 0 Å². The predicted octanol–water partition coefficient (Wildman–Crippen LogP) is 21.3. The van der Waals surface area contributed by atoms with E-state index in [0.29, 0.717) is 0 Å². The zero-order valence-corrected chi connectivity index (χ0v) is 46.0. The Kier molecular flexibility index (Phi) is 10.7. The van der Waals surface area contributed by atoms with Crippen molar-refractivity contribution in [3.8, 4) is 67.0 Å². The molecule has 1 unspecified atom stereocenters. The Hall–Kier alpha value is -11.0. The van der Waals surface area contributed by atoms with Crippen LogP contribution in [-0.2, 0) is 5.41 Å². The van der Waals surface area contributed by atoms with E-state index in [0.717, 1.165) is 45.1 Å². The van der Waals surface area contributed by atoms with Crippen LogP contribution in [0.2, 0.25) is 0 Å². The topological polar surface area (TPSA) is 13.1 Å². The largest absolute Gasteiger partial charge is 0.310 e. The maximum Gasteiger partial charge on any atom is 0.0726 e. The quantitative estimate of drug-likeness (QED) is 0.140. The lowest BCUT2D eigenvalue weighted by Gasteiger charge is -2.31. The van der Waals surface area contributed by atoms with Gasteiger partial charge in [0.2, 0.25) is 0 Å². The van der Waals surface area contributed by atoms with Gasteiger partial charge in [0.1, 0.15) is 0 Å². The van der Waals surface area contributed by atoms with Crippen LogP contribution < -0.4 is 4.90 Å². The lowest BCUT2D eigenvalue weighted by molar-refractivity contribution is 0.793. The van der Waals surface area contributed by atoms with Crippen molar-refractivity contribution in [2.45, 2.75) is 5.41 Å². The Morgan fingerprint density at radius 2 is 0.738 bits per heavy atom. The van der Waals surface area contributed by atoms with Gasteiger partial charge in [0.15, 0.2) is 0 Å². The van der Waals surface area contributed by atoms with E-state index in [2.05, 4.69) is 324 Å². The second-order valence-corrected chi connectivity index (χ2v) is 22.4. The Morgan fingerprint density at radius 3 is 1.43 bits per heavy atom. The van der Waals surface area contributed by atoms with Crippen molar-refractivity contribution in [3.05, 3.63) is 338 Å². The number of para-hydroxylation sites is 3. The highest BCUT2D eigenvalue weighted by molar-refractivity contribution is 6.12. The van der Waals surface area contributed by atoms with Crippen LogP contribution in [0.1, 0.15) is 27.8 Å². The number of anilines is 3. The summed E-state index contributed by atoms with van der Waals surface area (Å²) >= 11 is 0. The molecule has 0 bridgehead atoms. The fourth-order valence-electron chi connectivity index (χ4n) is 14.4. The fourth-order valence-corrected chi connectivity index (χ4v) is 14.4. The van der Waals surface area contributed by atoms with Gasteiger partial charge in [-0.2, -0.15) is 0 Å². The summed E-state index contributed by atoms with van der Waals surface area (Å²) in [7, 11) is 0. The van der Waals surface area contributed by atoms with E-state index in [1.807, 2.05) is 6.08 Å². The summed E-state index contributed by atoms with van der Waals surface area (Å²) in [6, 6.07) is 112. The molecule has 13 aromatic carbocycles. The molecular weight excluding hydrogens is 1010 g/mol. The average Bonchev–Trinajstić information content (AvgIpc) is 1.79. The number of fused-ring (bicyclic) bond motifs is 16. The van der Waals surface area contributed by atoms with Crippen LogP contribution in [0.15, 0.2) is 310 Å². The third-order valence-electron chi connectivity index (χ3n) is 18.1. The molecule has 1 spiro atoms. The van der Waals surface area contributed by atoms with E-state index >= 15 is 0 Å². The normalized spacial score (nSPS) is 13.8. The molecule has 2 aliphatic carbocycles. The van der Waals surface area contributed by atoms with Crippen LogP contribution in [0.3, 0.4) is 0 Å². The molecule has 0 saturated heterocycles. The standard InChI is InChI=1S/C81H53N3/c1-2-53-18-17-21-57(48-53)59-36-44-67-65-24-9-13-28-73(65)81(75(67)50-59)74-29-14-10-25-66(74)68-45-42-63(51-76(68)81)84-78-31-16-12-27-70(78)72-49-58(37-47-79(72)84)56-34-40-62(41-35-56)82(61-38-32-55(33-39-61)54-19-5-3-6-20-54)64-43-46-71-69-26-11-15-30-77(69)83(80(71)52-64)60-22-7-4-8-23-60/h2-52H,1H2. The van der Waals surface area contributed by atoms with E-state index < -0.39 is 5.41 Å². The molecule has 84 heavy (non-hydrogen) atoms. The number of rotatable bonds is 9. The molecular formula is C81H53N3. The van der Waals surface area contributed by atoms with E-state index in [1.165, 1.54) is 110 Å². The van der Waals surface area contributed by atoms with Crippen LogP contribution >= 0.6 is 0 Å². The third-order valence-corrected chi connectivity index (χ3v) is 18.1. The van der Waals surface area contributed by atoms with Crippen LogP contribution in [-0.4, -0.2) is 9.13 Å². The highest BCUT2D eigenvalue weighted by atomic mass is 15.1. The van der Waals surface area contributed by atoms with Crippen molar-refractivity contribution in [1.82, 2.24) is 9.13 Å². The lowest BCUT2D eigenvalue weighted by Crippen LogP contribution is -2.26. The molecule has 2 aliphatic rings. The van der Waals surface area contributed by atoms with Gasteiger partial charge in [0, 0.05) is 50.0 Å². The van der Waals surface area contributed by atoms with Crippen LogP contribution in [0, 0.1) is 0 Å². The summed E-state index contributed by atoms with van der Waals surface area (Å²) in [6.07, 6.45) is 1.93. The Balaban J connectivity index is 0.787. The minimum Gasteiger partial charge on any atom is -0.310 e. The molecule has 3 nitrogen and oxygen atoms in total. The van der Waals surface area contributed by atoms with Crippen molar-refractivity contribution in [1.29, 1.82) is 0 Å². The number of hydrogen-bond acceptors (Lipinski definition) is 1. The minimum absolute atomic E-state index is 0.520. The molecule has 2 aromatic heterocycles. The highest BCUT2D eigenvalue weighted by Gasteiger charge is 2.52. The molecule has 15 aromatic rings. The lowest BCUT2D eigenvalue weighted by atomic mass is 9.70. The Morgan fingerprint density at radius 1 is 0.274 bits per heavy atom. The van der Waals surface area contributed by atoms with E-state index in [-0.39, 0.29) is 0 Å². The molecule has 0 N–H and O–H groups in total. The van der Waals surface area contributed by atoms with Crippen molar-refractivity contribution in [2.24, 2.45) is 0 Å².